The zero-order valence-corrected chi connectivity index (χ0v) is 14.9. The number of alkyl halides is 6. The minimum atomic E-state index is -6.21. The predicted octanol–water partition coefficient (Wildman–Crippen LogP) is 0.964. The van der Waals surface area contributed by atoms with Crippen molar-refractivity contribution >= 4 is 20.2 Å². The van der Waals surface area contributed by atoms with Gasteiger partial charge in [0, 0.05) is 0 Å². The molecule has 0 aromatic heterocycles. The summed E-state index contributed by atoms with van der Waals surface area (Å²) in [5.74, 6) is -1.44. The Kier molecular flexibility index (Phi) is 5.57. The first-order valence-corrected chi connectivity index (χ1v) is 9.64. The van der Waals surface area contributed by atoms with E-state index in [0.29, 0.717) is 0 Å². The summed E-state index contributed by atoms with van der Waals surface area (Å²) >= 11 is 0. The van der Waals surface area contributed by atoms with Crippen molar-refractivity contribution in [2.24, 2.45) is 0 Å². The molecule has 0 saturated carbocycles. The van der Waals surface area contributed by atoms with Crippen LogP contribution in [0.15, 0.2) is 0 Å². The van der Waals surface area contributed by atoms with Gasteiger partial charge in [0.25, 0.3) is 0 Å². The van der Waals surface area contributed by atoms with Crippen LogP contribution in [0, 0.1) is 0 Å². The van der Waals surface area contributed by atoms with Crippen LogP contribution in [-0.2, 0) is 42.8 Å². The number of ether oxygens (including phenoxy) is 3. The van der Waals surface area contributed by atoms with Crippen molar-refractivity contribution in [1.29, 1.82) is 0 Å². The number of hydrogen-bond donors (Lipinski definition) is 0. The van der Waals surface area contributed by atoms with Gasteiger partial charge in [0.1, 0.15) is 18.3 Å². The van der Waals surface area contributed by atoms with Crippen LogP contribution in [0.1, 0.15) is 13.8 Å². The molecule has 2 heterocycles. The van der Waals surface area contributed by atoms with E-state index in [1.807, 2.05) is 0 Å². The van der Waals surface area contributed by atoms with Gasteiger partial charge >= 0.3 is 31.3 Å². The molecular weight excluding hydrogens is 442 g/mol. The lowest BCUT2D eigenvalue weighted by atomic mass is 10.1. The summed E-state index contributed by atoms with van der Waals surface area (Å²) in [5.41, 5.74) is -11.7. The monoisotopic (exact) mass is 454 g/mol. The molecule has 0 aromatic rings. The Labute approximate surface area is 148 Å². The van der Waals surface area contributed by atoms with Gasteiger partial charge < -0.3 is 14.2 Å². The summed E-state index contributed by atoms with van der Waals surface area (Å²) in [6.45, 7) is 1.09. The van der Waals surface area contributed by atoms with Crippen molar-refractivity contribution < 1.29 is 65.8 Å². The van der Waals surface area contributed by atoms with Crippen LogP contribution in [0.5, 0.6) is 0 Å². The molecule has 9 nitrogen and oxygen atoms in total. The first-order valence-electron chi connectivity index (χ1n) is 6.83. The fourth-order valence-electron chi connectivity index (χ4n) is 2.22. The third-order valence-corrected chi connectivity index (χ3v) is 5.34. The van der Waals surface area contributed by atoms with Crippen molar-refractivity contribution in [2.45, 2.75) is 55.3 Å². The van der Waals surface area contributed by atoms with Gasteiger partial charge in [-0.2, -0.15) is 43.2 Å². The van der Waals surface area contributed by atoms with Crippen LogP contribution >= 0.6 is 0 Å². The van der Waals surface area contributed by atoms with Crippen LogP contribution in [0.2, 0.25) is 0 Å². The first kappa shape index (κ1) is 22.6. The fraction of sp³-hybridized carbons (Fsp3) is 1.00. The number of fused-ring (bicyclic) bond motifs is 1. The molecule has 4 atom stereocenters. The van der Waals surface area contributed by atoms with E-state index in [1.54, 1.807) is 0 Å². The van der Waals surface area contributed by atoms with Crippen LogP contribution in [0.25, 0.3) is 0 Å². The van der Waals surface area contributed by atoms with Gasteiger partial charge in [-0.3, -0.25) is 8.37 Å². The maximum Gasteiger partial charge on any atom is 0.523 e. The highest BCUT2D eigenvalue weighted by Gasteiger charge is 2.60. The lowest BCUT2D eigenvalue weighted by molar-refractivity contribution is -0.216. The Bertz CT molecular complexity index is 772. The second-order valence-electron chi connectivity index (χ2n) is 5.79. The molecule has 2 aliphatic rings. The second-order valence-corrected chi connectivity index (χ2v) is 8.96. The molecule has 160 valence electrons. The van der Waals surface area contributed by atoms with E-state index in [1.165, 1.54) is 13.8 Å². The lowest BCUT2D eigenvalue weighted by Gasteiger charge is -2.25. The van der Waals surface area contributed by atoms with Gasteiger partial charge in [0.05, 0.1) is 6.61 Å². The maximum atomic E-state index is 12.5. The Balaban J connectivity index is 2.23. The van der Waals surface area contributed by atoms with Crippen molar-refractivity contribution in [2.75, 3.05) is 6.61 Å². The summed E-state index contributed by atoms with van der Waals surface area (Å²) in [7, 11) is -12.3. The van der Waals surface area contributed by atoms with Crippen LogP contribution < -0.4 is 0 Å². The quantitative estimate of drug-likeness (QED) is 0.340. The molecule has 0 amide bonds. The van der Waals surface area contributed by atoms with Crippen LogP contribution in [0.4, 0.5) is 26.3 Å². The van der Waals surface area contributed by atoms with Gasteiger partial charge in [-0.05, 0) is 13.8 Å². The molecule has 0 bridgehead atoms. The number of rotatable bonds is 5. The Morgan fingerprint density at radius 2 is 1.44 bits per heavy atom. The number of halogens is 6. The van der Waals surface area contributed by atoms with Crippen molar-refractivity contribution in [1.82, 2.24) is 0 Å². The van der Waals surface area contributed by atoms with Gasteiger partial charge in [-0.15, -0.1) is 0 Å². The molecule has 0 N–H and O–H groups in total. The summed E-state index contributed by atoms with van der Waals surface area (Å²) in [5, 5.41) is 0. The summed E-state index contributed by atoms with van der Waals surface area (Å²) in [6, 6.07) is 0. The first-order chi connectivity index (χ1) is 11.9. The molecule has 2 rings (SSSR count). The average Bonchev–Trinajstić information content (AvgIpc) is 2.87. The maximum absolute atomic E-state index is 12.5. The average molecular weight is 454 g/mol. The second kappa shape index (κ2) is 6.67. The van der Waals surface area contributed by atoms with E-state index in [0.717, 1.165) is 0 Å². The minimum absolute atomic E-state index is 1.30. The zero-order chi connectivity index (χ0) is 21.1. The van der Waals surface area contributed by atoms with Gasteiger partial charge in [0.15, 0.2) is 12.1 Å². The summed E-state index contributed by atoms with van der Waals surface area (Å²) < 4.78 is 142. The summed E-state index contributed by atoms with van der Waals surface area (Å²) in [4.78, 5) is 0. The van der Waals surface area contributed by atoms with E-state index in [2.05, 4.69) is 8.37 Å². The predicted molar refractivity (Wildman–Crippen MR) is 69.5 cm³/mol. The molecule has 27 heavy (non-hydrogen) atoms. The molecule has 0 aliphatic carbocycles. The smallest absolute Gasteiger partial charge is 0.341 e. The molecule has 2 aliphatic heterocycles. The van der Waals surface area contributed by atoms with E-state index in [9.17, 15) is 43.2 Å². The lowest BCUT2D eigenvalue weighted by Crippen LogP contribution is -2.43. The molecular formula is C10H12F6O9S2. The highest BCUT2D eigenvalue weighted by molar-refractivity contribution is 7.87. The largest absolute Gasteiger partial charge is 0.523 e. The van der Waals surface area contributed by atoms with Crippen molar-refractivity contribution in [3.63, 3.8) is 0 Å². The van der Waals surface area contributed by atoms with Crippen molar-refractivity contribution in [3.05, 3.63) is 0 Å². The Morgan fingerprint density at radius 1 is 0.926 bits per heavy atom. The van der Waals surface area contributed by atoms with E-state index in [-0.39, 0.29) is 0 Å². The van der Waals surface area contributed by atoms with Gasteiger partial charge in [0.2, 0.25) is 0 Å². The Morgan fingerprint density at radius 3 is 1.93 bits per heavy atom. The van der Waals surface area contributed by atoms with Crippen LogP contribution in [0.3, 0.4) is 0 Å². The standard InChI is InChI=1S/C10H12F6O9S2/c1-8(2)23-6-5(25-27(19,20)10(14,15)16)4(22-7(6)24-8)3-21-26(17,18)9(11,12)13/h4-7H,3H2,1-2H3/t4-,5-,6-,7-/m0/s1. The van der Waals surface area contributed by atoms with E-state index < -0.39 is 68.2 Å². The molecule has 0 unspecified atom stereocenters. The molecule has 0 spiro atoms. The summed E-state index contributed by atoms with van der Waals surface area (Å²) in [6.07, 6.45) is -7.33. The van der Waals surface area contributed by atoms with Crippen molar-refractivity contribution in [3.8, 4) is 0 Å². The van der Waals surface area contributed by atoms with Gasteiger partial charge in [-0.25, -0.2) is 0 Å². The molecule has 2 saturated heterocycles. The minimum Gasteiger partial charge on any atom is -0.341 e. The highest BCUT2D eigenvalue weighted by Crippen LogP contribution is 2.41. The number of hydrogen-bond acceptors (Lipinski definition) is 9. The highest BCUT2D eigenvalue weighted by atomic mass is 32.2. The zero-order valence-electron chi connectivity index (χ0n) is 13.3. The van der Waals surface area contributed by atoms with E-state index >= 15 is 0 Å². The molecule has 0 radical (unpaired) electrons. The van der Waals surface area contributed by atoms with Gasteiger partial charge in [-0.1, -0.05) is 0 Å². The van der Waals surface area contributed by atoms with E-state index in [4.69, 9.17) is 14.2 Å². The molecule has 2 fully saturated rings. The van der Waals surface area contributed by atoms with Crippen LogP contribution in [-0.4, -0.2) is 64.8 Å². The SMILES string of the molecule is CC1(C)O[C@@H]2O[C@@H](COS(=O)(=O)C(F)(F)F)[C@H](OS(=O)(=O)C(F)(F)F)[C@@H]2O1. The normalized spacial score (nSPS) is 31.9. The molecule has 17 heteroatoms. The topological polar surface area (TPSA) is 114 Å². The third-order valence-electron chi connectivity index (χ3n) is 3.28. The Hall–Kier alpha value is -0.720. The fourth-order valence-corrected chi connectivity index (χ4v) is 3.30. The molecule has 0 aromatic carbocycles. The third kappa shape index (κ3) is 4.65.